The largest absolute Gasteiger partial charge is 0.426 e. The Labute approximate surface area is 77.3 Å². The minimum Gasteiger partial charge on any atom is -0.426 e. The summed E-state index contributed by atoms with van der Waals surface area (Å²) in [6.45, 7) is 0. The summed E-state index contributed by atoms with van der Waals surface area (Å²) in [6, 6.07) is 3.01. The number of carbonyl (C=O) groups excluding carboxylic acids is 1. The first-order valence-electron chi connectivity index (χ1n) is 3.87. The fraction of sp³-hybridized carbons (Fsp3) is 0.222. The highest BCUT2D eigenvalue weighted by atomic mass is 19.4. The summed E-state index contributed by atoms with van der Waals surface area (Å²) in [5.74, 6) is -0.290. The molecule has 14 heavy (non-hydrogen) atoms. The molecule has 0 saturated heterocycles. The lowest BCUT2D eigenvalue weighted by Crippen LogP contribution is -2.04. The molecule has 0 fully saturated rings. The monoisotopic (exact) mass is 202 g/mol. The molecule has 0 radical (unpaired) electrons. The van der Waals surface area contributed by atoms with E-state index in [1.165, 1.54) is 6.07 Å². The van der Waals surface area contributed by atoms with Crippen LogP contribution >= 0.6 is 0 Å². The van der Waals surface area contributed by atoms with E-state index in [4.69, 9.17) is 0 Å². The Morgan fingerprint density at radius 3 is 2.64 bits per heavy atom. The number of rotatable bonds is 0. The summed E-state index contributed by atoms with van der Waals surface area (Å²) < 4.78 is 41.4. The second-order valence-electron chi connectivity index (χ2n) is 2.97. The van der Waals surface area contributed by atoms with E-state index in [9.17, 15) is 18.0 Å². The smallest absolute Gasteiger partial charge is 0.416 e. The Hall–Kier alpha value is -1.52. The third-order valence-electron chi connectivity index (χ3n) is 1.95. The van der Waals surface area contributed by atoms with E-state index in [-0.39, 0.29) is 12.2 Å². The predicted molar refractivity (Wildman–Crippen MR) is 40.8 cm³/mol. The van der Waals surface area contributed by atoms with Crippen LogP contribution in [0.3, 0.4) is 0 Å². The van der Waals surface area contributed by atoms with E-state index in [0.29, 0.717) is 5.56 Å². The van der Waals surface area contributed by atoms with Crippen molar-refractivity contribution in [2.45, 2.75) is 12.6 Å². The third-order valence-corrected chi connectivity index (χ3v) is 1.95. The lowest BCUT2D eigenvalue weighted by molar-refractivity contribution is -0.137. The van der Waals surface area contributed by atoms with Crippen molar-refractivity contribution in [3.63, 3.8) is 0 Å². The van der Waals surface area contributed by atoms with Crippen LogP contribution in [-0.2, 0) is 17.4 Å². The molecule has 1 aromatic rings. The van der Waals surface area contributed by atoms with Gasteiger partial charge in [0.1, 0.15) is 5.75 Å². The molecule has 2 rings (SSSR count). The van der Waals surface area contributed by atoms with Crippen molar-refractivity contribution in [1.82, 2.24) is 0 Å². The fourth-order valence-corrected chi connectivity index (χ4v) is 1.31. The normalized spacial score (nSPS) is 15.2. The SMILES string of the molecule is O=C1Cc2cc(C(F)(F)F)ccc2O1. The van der Waals surface area contributed by atoms with Crippen LogP contribution in [0.15, 0.2) is 18.2 Å². The van der Waals surface area contributed by atoms with Crippen LogP contribution in [-0.4, -0.2) is 5.97 Å². The molecule has 5 heteroatoms. The summed E-state index contributed by atoms with van der Waals surface area (Å²) in [4.78, 5) is 10.8. The summed E-state index contributed by atoms with van der Waals surface area (Å²) in [5, 5.41) is 0. The van der Waals surface area contributed by atoms with Gasteiger partial charge in [-0.25, -0.2) is 0 Å². The molecule has 0 spiro atoms. The molecule has 0 aromatic heterocycles. The Kier molecular flexibility index (Phi) is 1.77. The van der Waals surface area contributed by atoms with Gasteiger partial charge in [0.25, 0.3) is 0 Å². The van der Waals surface area contributed by atoms with Gasteiger partial charge in [-0.15, -0.1) is 0 Å². The second kappa shape index (κ2) is 2.73. The average Bonchev–Trinajstić information content (AvgIpc) is 2.41. The van der Waals surface area contributed by atoms with Crippen LogP contribution < -0.4 is 4.74 Å². The van der Waals surface area contributed by atoms with E-state index >= 15 is 0 Å². The first-order valence-corrected chi connectivity index (χ1v) is 3.87. The van der Waals surface area contributed by atoms with Crippen molar-refractivity contribution in [2.24, 2.45) is 0 Å². The van der Waals surface area contributed by atoms with Gasteiger partial charge in [0.2, 0.25) is 0 Å². The van der Waals surface area contributed by atoms with Gasteiger partial charge in [0, 0.05) is 5.56 Å². The quantitative estimate of drug-likeness (QED) is 0.476. The second-order valence-corrected chi connectivity index (χ2v) is 2.97. The zero-order valence-electron chi connectivity index (χ0n) is 6.89. The molecule has 2 nitrogen and oxygen atoms in total. The Balaban J connectivity index is 2.43. The highest BCUT2D eigenvalue weighted by Crippen LogP contribution is 2.34. The van der Waals surface area contributed by atoms with E-state index in [2.05, 4.69) is 4.74 Å². The maximum absolute atomic E-state index is 12.2. The first-order chi connectivity index (χ1) is 6.47. The number of esters is 1. The molecule has 1 aliphatic heterocycles. The summed E-state index contributed by atoms with van der Waals surface area (Å²) in [7, 11) is 0. The average molecular weight is 202 g/mol. The van der Waals surface area contributed by atoms with Crippen LogP contribution in [0.25, 0.3) is 0 Å². The lowest BCUT2D eigenvalue weighted by Gasteiger charge is -2.06. The Bertz CT molecular complexity index is 396. The Morgan fingerprint density at radius 1 is 1.29 bits per heavy atom. The summed E-state index contributed by atoms with van der Waals surface area (Å²) >= 11 is 0. The summed E-state index contributed by atoms with van der Waals surface area (Å²) in [5.41, 5.74) is -0.459. The van der Waals surface area contributed by atoms with Gasteiger partial charge in [-0.1, -0.05) is 0 Å². The number of benzene rings is 1. The van der Waals surface area contributed by atoms with E-state index in [1.807, 2.05) is 0 Å². The number of alkyl halides is 3. The minimum atomic E-state index is -4.37. The van der Waals surface area contributed by atoms with Gasteiger partial charge in [0.05, 0.1) is 12.0 Å². The number of carbonyl (C=O) groups is 1. The highest BCUT2D eigenvalue weighted by Gasteiger charge is 2.32. The number of hydrogen-bond donors (Lipinski definition) is 0. The number of fused-ring (bicyclic) bond motifs is 1. The molecular formula is C9H5F3O2. The molecular weight excluding hydrogens is 197 g/mol. The number of hydrogen-bond acceptors (Lipinski definition) is 2. The van der Waals surface area contributed by atoms with Crippen molar-refractivity contribution in [2.75, 3.05) is 0 Å². The standard InChI is InChI=1S/C9H5F3O2/c10-9(11,12)6-1-2-7-5(3-6)4-8(13)14-7/h1-3H,4H2. The zero-order chi connectivity index (χ0) is 10.3. The van der Waals surface area contributed by atoms with Gasteiger partial charge in [-0.05, 0) is 18.2 Å². The van der Waals surface area contributed by atoms with Crippen molar-refractivity contribution < 1.29 is 22.7 Å². The van der Waals surface area contributed by atoms with Gasteiger partial charge in [0.15, 0.2) is 0 Å². The fourth-order valence-electron chi connectivity index (χ4n) is 1.31. The minimum absolute atomic E-state index is 0.0841. The van der Waals surface area contributed by atoms with Gasteiger partial charge >= 0.3 is 12.1 Å². The maximum Gasteiger partial charge on any atom is 0.416 e. The van der Waals surface area contributed by atoms with Crippen LogP contribution in [0.1, 0.15) is 11.1 Å². The van der Waals surface area contributed by atoms with Gasteiger partial charge in [-0.3, -0.25) is 4.79 Å². The molecule has 0 bridgehead atoms. The van der Waals surface area contributed by atoms with Crippen LogP contribution in [0.4, 0.5) is 13.2 Å². The number of ether oxygens (including phenoxy) is 1. The van der Waals surface area contributed by atoms with E-state index < -0.39 is 17.7 Å². The maximum atomic E-state index is 12.2. The molecule has 0 N–H and O–H groups in total. The molecule has 1 aromatic carbocycles. The van der Waals surface area contributed by atoms with Crippen molar-refractivity contribution in [3.8, 4) is 5.75 Å². The Morgan fingerprint density at radius 2 is 2.00 bits per heavy atom. The van der Waals surface area contributed by atoms with E-state index in [0.717, 1.165) is 12.1 Å². The lowest BCUT2D eigenvalue weighted by atomic mass is 10.1. The number of halogens is 3. The highest BCUT2D eigenvalue weighted by molar-refractivity contribution is 5.81. The molecule has 0 amide bonds. The van der Waals surface area contributed by atoms with Crippen molar-refractivity contribution in [3.05, 3.63) is 29.3 Å². The van der Waals surface area contributed by atoms with Crippen molar-refractivity contribution in [1.29, 1.82) is 0 Å². The summed E-state index contributed by atoms with van der Waals surface area (Å²) in [6.07, 6.45) is -4.46. The molecule has 0 unspecified atom stereocenters. The van der Waals surface area contributed by atoms with Crippen LogP contribution in [0.5, 0.6) is 5.75 Å². The van der Waals surface area contributed by atoms with Gasteiger partial charge < -0.3 is 4.74 Å². The van der Waals surface area contributed by atoms with E-state index in [1.54, 1.807) is 0 Å². The van der Waals surface area contributed by atoms with Crippen LogP contribution in [0.2, 0.25) is 0 Å². The topological polar surface area (TPSA) is 26.3 Å². The van der Waals surface area contributed by atoms with Crippen LogP contribution in [0, 0.1) is 0 Å². The third kappa shape index (κ3) is 1.45. The molecule has 1 aliphatic rings. The predicted octanol–water partition coefficient (Wildman–Crippen LogP) is 2.17. The first kappa shape index (κ1) is 9.05. The van der Waals surface area contributed by atoms with Crippen molar-refractivity contribution >= 4 is 5.97 Å². The molecule has 0 aliphatic carbocycles. The molecule has 74 valence electrons. The van der Waals surface area contributed by atoms with Gasteiger partial charge in [-0.2, -0.15) is 13.2 Å². The molecule has 1 heterocycles. The molecule has 0 saturated carbocycles. The molecule has 0 atom stereocenters. The zero-order valence-corrected chi connectivity index (χ0v) is 6.89.